The lowest BCUT2D eigenvalue weighted by molar-refractivity contribution is -0.384. The van der Waals surface area contributed by atoms with Gasteiger partial charge in [-0.3, -0.25) is 10.1 Å². The van der Waals surface area contributed by atoms with Crippen molar-refractivity contribution in [2.75, 3.05) is 0 Å². The molecule has 6 nitrogen and oxygen atoms in total. The monoisotopic (exact) mass is 276 g/mol. The second kappa shape index (κ2) is 5.73. The van der Waals surface area contributed by atoms with Crippen molar-refractivity contribution in [2.24, 2.45) is 0 Å². The van der Waals surface area contributed by atoms with Crippen LogP contribution in [0.2, 0.25) is 0 Å². The van der Waals surface area contributed by atoms with Gasteiger partial charge in [0.1, 0.15) is 12.4 Å². The Labute approximate surface area is 116 Å². The molecule has 0 spiro atoms. The Bertz CT molecular complexity index is 602. The summed E-state index contributed by atoms with van der Waals surface area (Å²) in [5, 5.41) is 10.5. The lowest BCUT2D eigenvalue weighted by atomic mass is 10.2. The molecule has 0 N–H and O–H groups in total. The van der Waals surface area contributed by atoms with E-state index >= 15 is 0 Å². The number of nitro groups is 1. The quantitative estimate of drug-likeness (QED) is 0.616. The Kier molecular flexibility index (Phi) is 4.02. The van der Waals surface area contributed by atoms with Gasteiger partial charge in [0.05, 0.1) is 10.6 Å². The summed E-state index contributed by atoms with van der Waals surface area (Å²) in [6.07, 6.45) is 0. The van der Waals surface area contributed by atoms with Gasteiger partial charge >= 0.3 is 0 Å². The van der Waals surface area contributed by atoms with Crippen LogP contribution >= 0.6 is 0 Å². The van der Waals surface area contributed by atoms with E-state index in [-0.39, 0.29) is 18.2 Å². The van der Waals surface area contributed by atoms with Gasteiger partial charge in [-0.05, 0) is 19.1 Å². The van der Waals surface area contributed by atoms with Crippen molar-refractivity contribution < 1.29 is 14.1 Å². The first-order valence-electron chi connectivity index (χ1n) is 6.31. The molecule has 0 aliphatic rings. The molecule has 0 saturated carbocycles. The first-order valence-corrected chi connectivity index (χ1v) is 6.31. The van der Waals surface area contributed by atoms with Gasteiger partial charge in [0.15, 0.2) is 11.7 Å². The second-order valence-electron chi connectivity index (χ2n) is 4.76. The number of nitro benzene ring substituents is 1. The summed E-state index contributed by atoms with van der Waals surface area (Å²) in [6, 6.07) is 5.94. The molecule has 0 bridgehead atoms. The van der Waals surface area contributed by atoms with Gasteiger partial charge < -0.3 is 9.15 Å². The van der Waals surface area contributed by atoms with Crippen LogP contribution in [0.5, 0.6) is 5.75 Å². The molecule has 0 aliphatic heterocycles. The second-order valence-corrected chi connectivity index (χ2v) is 4.76. The van der Waals surface area contributed by atoms with E-state index in [4.69, 9.17) is 9.15 Å². The van der Waals surface area contributed by atoms with Gasteiger partial charge in [0, 0.05) is 18.1 Å². The summed E-state index contributed by atoms with van der Waals surface area (Å²) < 4.78 is 11.2. The molecular formula is C14H16N2O4. The summed E-state index contributed by atoms with van der Waals surface area (Å²) in [5.74, 6) is 2.14. The number of oxazole rings is 1. The first-order chi connectivity index (χ1) is 9.47. The summed E-state index contributed by atoms with van der Waals surface area (Å²) in [5.41, 5.74) is 0.839. The summed E-state index contributed by atoms with van der Waals surface area (Å²) in [4.78, 5) is 14.4. The minimum Gasteiger partial charge on any atom is -0.486 e. The summed E-state index contributed by atoms with van der Waals surface area (Å²) in [7, 11) is 0. The maximum atomic E-state index is 10.5. The van der Waals surface area contributed by atoms with E-state index in [9.17, 15) is 10.1 Å². The maximum absolute atomic E-state index is 10.5. The molecule has 0 saturated heterocycles. The highest BCUT2D eigenvalue weighted by Crippen LogP contribution is 2.21. The molecule has 106 valence electrons. The van der Waals surface area contributed by atoms with Crippen molar-refractivity contribution in [3.8, 4) is 5.75 Å². The number of aryl methyl sites for hydroxylation is 1. The molecule has 2 aromatic rings. The van der Waals surface area contributed by atoms with Crippen LogP contribution < -0.4 is 4.74 Å². The average Bonchev–Trinajstić information content (AvgIpc) is 2.78. The molecule has 0 fully saturated rings. The number of benzene rings is 1. The van der Waals surface area contributed by atoms with Gasteiger partial charge in [-0.15, -0.1) is 0 Å². The molecule has 0 unspecified atom stereocenters. The Morgan fingerprint density at radius 1 is 1.35 bits per heavy atom. The molecule has 20 heavy (non-hydrogen) atoms. The predicted molar refractivity (Wildman–Crippen MR) is 72.8 cm³/mol. The lowest BCUT2D eigenvalue weighted by Crippen LogP contribution is -1.96. The minimum absolute atomic E-state index is 0.0373. The van der Waals surface area contributed by atoms with Gasteiger partial charge in [0.2, 0.25) is 0 Å². The van der Waals surface area contributed by atoms with Crippen molar-refractivity contribution in [2.45, 2.75) is 33.3 Å². The number of rotatable bonds is 5. The Morgan fingerprint density at radius 2 is 2.00 bits per heavy atom. The van der Waals surface area contributed by atoms with Crippen LogP contribution in [-0.4, -0.2) is 9.91 Å². The van der Waals surface area contributed by atoms with Crippen LogP contribution in [0.15, 0.2) is 28.7 Å². The van der Waals surface area contributed by atoms with E-state index in [0.717, 1.165) is 5.69 Å². The molecule has 1 aromatic carbocycles. The normalized spacial score (nSPS) is 10.8. The van der Waals surface area contributed by atoms with E-state index < -0.39 is 4.92 Å². The van der Waals surface area contributed by atoms with Crippen LogP contribution in [0.3, 0.4) is 0 Å². The summed E-state index contributed by atoms with van der Waals surface area (Å²) in [6.45, 7) is 6.13. The SMILES string of the molecule is Cc1nc(C(C)C)oc1COc1ccc([N+](=O)[O-])cc1. The molecule has 0 radical (unpaired) electrons. The highest BCUT2D eigenvalue weighted by molar-refractivity contribution is 5.36. The number of ether oxygens (including phenoxy) is 1. The Balaban J connectivity index is 2.03. The van der Waals surface area contributed by atoms with Crippen molar-refractivity contribution in [1.29, 1.82) is 0 Å². The van der Waals surface area contributed by atoms with E-state index in [1.807, 2.05) is 20.8 Å². The van der Waals surface area contributed by atoms with Crippen molar-refractivity contribution in [1.82, 2.24) is 4.98 Å². The van der Waals surface area contributed by atoms with Gasteiger partial charge in [-0.2, -0.15) is 0 Å². The van der Waals surface area contributed by atoms with Crippen LogP contribution in [0.25, 0.3) is 0 Å². The number of hydrogen-bond acceptors (Lipinski definition) is 5. The average molecular weight is 276 g/mol. The van der Waals surface area contributed by atoms with Crippen molar-refractivity contribution >= 4 is 5.69 Å². The molecule has 0 atom stereocenters. The van der Waals surface area contributed by atoms with E-state index in [1.54, 1.807) is 12.1 Å². The fraction of sp³-hybridized carbons (Fsp3) is 0.357. The third kappa shape index (κ3) is 3.14. The van der Waals surface area contributed by atoms with E-state index in [1.165, 1.54) is 12.1 Å². The van der Waals surface area contributed by atoms with Crippen LogP contribution in [0, 0.1) is 17.0 Å². The molecule has 0 aliphatic carbocycles. The number of hydrogen-bond donors (Lipinski definition) is 0. The number of non-ortho nitro benzene ring substituents is 1. The molecule has 1 aromatic heterocycles. The van der Waals surface area contributed by atoms with Gasteiger partial charge in [-0.25, -0.2) is 4.98 Å². The zero-order valence-electron chi connectivity index (χ0n) is 11.6. The van der Waals surface area contributed by atoms with Crippen molar-refractivity contribution in [3.63, 3.8) is 0 Å². The van der Waals surface area contributed by atoms with Gasteiger partial charge in [-0.1, -0.05) is 13.8 Å². The fourth-order valence-electron chi connectivity index (χ4n) is 1.64. The van der Waals surface area contributed by atoms with Crippen molar-refractivity contribution in [3.05, 3.63) is 51.7 Å². The first kappa shape index (κ1) is 14.0. The highest BCUT2D eigenvalue weighted by Gasteiger charge is 2.13. The van der Waals surface area contributed by atoms with E-state index in [0.29, 0.717) is 17.4 Å². The van der Waals surface area contributed by atoms with Gasteiger partial charge in [0.25, 0.3) is 5.69 Å². The number of nitrogens with zero attached hydrogens (tertiary/aromatic N) is 2. The standard InChI is InChI=1S/C14H16N2O4/c1-9(2)14-15-10(3)13(20-14)8-19-12-6-4-11(5-7-12)16(17)18/h4-7,9H,8H2,1-3H3. The third-order valence-corrected chi connectivity index (χ3v) is 2.82. The lowest BCUT2D eigenvalue weighted by Gasteiger charge is -2.04. The topological polar surface area (TPSA) is 78.4 Å². The maximum Gasteiger partial charge on any atom is 0.269 e. The summed E-state index contributed by atoms with van der Waals surface area (Å²) >= 11 is 0. The molecule has 1 heterocycles. The largest absolute Gasteiger partial charge is 0.486 e. The molecule has 6 heteroatoms. The highest BCUT2D eigenvalue weighted by atomic mass is 16.6. The zero-order valence-corrected chi connectivity index (χ0v) is 11.6. The molecular weight excluding hydrogens is 260 g/mol. The Morgan fingerprint density at radius 3 is 2.50 bits per heavy atom. The predicted octanol–water partition coefficient (Wildman–Crippen LogP) is 3.59. The van der Waals surface area contributed by atoms with Crippen LogP contribution in [-0.2, 0) is 6.61 Å². The number of aromatic nitrogens is 1. The minimum atomic E-state index is -0.445. The molecule has 0 amide bonds. The van der Waals surface area contributed by atoms with Crippen LogP contribution in [0.1, 0.15) is 37.1 Å². The van der Waals surface area contributed by atoms with E-state index in [2.05, 4.69) is 4.98 Å². The fourth-order valence-corrected chi connectivity index (χ4v) is 1.64. The smallest absolute Gasteiger partial charge is 0.269 e. The molecule has 2 rings (SSSR count). The third-order valence-electron chi connectivity index (χ3n) is 2.82. The van der Waals surface area contributed by atoms with Crippen LogP contribution in [0.4, 0.5) is 5.69 Å². The zero-order chi connectivity index (χ0) is 14.7. The Hall–Kier alpha value is -2.37.